The van der Waals surface area contributed by atoms with Gasteiger partial charge in [-0.05, 0) is 55.9 Å². The molecule has 1 aromatic rings. The fraction of sp³-hybridized carbons (Fsp3) is 0.762. The second-order valence-electron chi connectivity index (χ2n) is 8.23. The van der Waals surface area contributed by atoms with Crippen LogP contribution in [0, 0.1) is 5.92 Å². The third-order valence-corrected chi connectivity index (χ3v) is 7.23. The molecule has 0 bridgehead atoms. The zero-order chi connectivity index (χ0) is 17.8. The first-order valence-electron chi connectivity index (χ1n) is 10.5. The summed E-state index contributed by atoms with van der Waals surface area (Å²) < 4.78 is 5.85. The van der Waals surface area contributed by atoms with Crippen molar-refractivity contribution in [2.75, 3.05) is 26.2 Å². The number of fused-ring (bicyclic) bond motifs is 1. The quantitative estimate of drug-likeness (QED) is 0.755. The Bertz CT molecular complexity index is 569. The van der Waals surface area contributed by atoms with Gasteiger partial charge in [-0.2, -0.15) is 0 Å². The number of ether oxygens (including phenoxy) is 1. The third-order valence-electron chi connectivity index (χ3n) is 6.37. The molecule has 0 aromatic carbocycles. The molecular weight excluding hydrogens is 344 g/mol. The van der Waals surface area contributed by atoms with Crippen molar-refractivity contribution >= 4 is 17.2 Å². The maximum Gasteiger partial charge on any atom is 0.237 e. The molecular formula is C21H32N2O2S. The predicted octanol–water partition coefficient (Wildman–Crippen LogP) is 3.91. The minimum atomic E-state index is 0.298. The van der Waals surface area contributed by atoms with Crippen LogP contribution in [0.25, 0.3) is 0 Å². The zero-order valence-electron chi connectivity index (χ0n) is 15.8. The van der Waals surface area contributed by atoms with Crippen LogP contribution in [-0.4, -0.2) is 54.1 Å². The molecule has 0 N–H and O–H groups in total. The molecule has 4 nitrogen and oxygen atoms in total. The highest BCUT2D eigenvalue weighted by molar-refractivity contribution is 7.09. The number of rotatable bonds is 6. The Labute approximate surface area is 161 Å². The molecule has 5 heteroatoms. The second kappa shape index (κ2) is 8.85. The van der Waals surface area contributed by atoms with Crippen LogP contribution in [0.15, 0.2) is 17.5 Å². The van der Waals surface area contributed by atoms with E-state index >= 15 is 0 Å². The summed E-state index contributed by atoms with van der Waals surface area (Å²) in [7, 11) is 0. The maximum atomic E-state index is 13.2. The van der Waals surface area contributed by atoms with Gasteiger partial charge in [-0.15, -0.1) is 11.3 Å². The summed E-state index contributed by atoms with van der Waals surface area (Å²) >= 11 is 1.78. The molecule has 3 aliphatic rings. The number of amides is 1. The standard InChI is InChI=1S/C21H32N2O2S/c24-21(23-11-3-7-17-6-1-2-10-20(17)23)16-22(14-18-8-4-12-25-18)15-19-9-5-13-26-19/h5,9,13,17-18,20H,1-4,6-8,10-12,14-16H2. The average molecular weight is 377 g/mol. The van der Waals surface area contributed by atoms with Gasteiger partial charge in [-0.1, -0.05) is 18.9 Å². The Morgan fingerprint density at radius 3 is 2.88 bits per heavy atom. The number of carbonyl (C=O) groups is 1. The minimum Gasteiger partial charge on any atom is -0.377 e. The molecule has 26 heavy (non-hydrogen) atoms. The first-order chi connectivity index (χ1) is 12.8. The Kier molecular flexibility index (Phi) is 6.28. The topological polar surface area (TPSA) is 32.8 Å². The van der Waals surface area contributed by atoms with E-state index in [0.29, 0.717) is 24.6 Å². The maximum absolute atomic E-state index is 13.2. The third kappa shape index (κ3) is 4.49. The fourth-order valence-electron chi connectivity index (χ4n) is 5.10. The van der Waals surface area contributed by atoms with Crippen LogP contribution in [0.4, 0.5) is 0 Å². The molecule has 0 radical (unpaired) electrons. The van der Waals surface area contributed by atoms with Crippen molar-refractivity contribution in [2.24, 2.45) is 5.92 Å². The van der Waals surface area contributed by atoms with E-state index in [1.165, 1.54) is 43.4 Å². The van der Waals surface area contributed by atoms with Crippen molar-refractivity contribution < 1.29 is 9.53 Å². The highest BCUT2D eigenvalue weighted by Crippen LogP contribution is 2.35. The number of thiophene rings is 1. The monoisotopic (exact) mass is 376 g/mol. The van der Waals surface area contributed by atoms with E-state index in [0.717, 1.165) is 45.0 Å². The lowest BCUT2D eigenvalue weighted by Gasteiger charge is -2.44. The molecule has 1 amide bonds. The molecule has 3 heterocycles. The molecule has 1 saturated carbocycles. The van der Waals surface area contributed by atoms with Crippen LogP contribution < -0.4 is 0 Å². The van der Waals surface area contributed by atoms with Crippen molar-refractivity contribution in [1.29, 1.82) is 0 Å². The SMILES string of the molecule is O=C(CN(Cc1cccs1)CC1CCCO1)N1CCCC2CCCCC21. The zero-order valence-corrected chi connectivity index (χ0v) is 16.6. The summed E-state index contributed by atoms with van der Waals surface area (Å²) in [5.41, 5.74) is 0. The average Bonchev–Trinajstić information content (AvgIpc) is 3.35. The van der Waals surface area contributed by atoms with E-state index in [2.05, 4.69) is 27.3 Å². The number of hydrogen-bond acceptors (Lipinski definition) is 4. The van der Waals surface area contributed by atoms with Crippen LogP contribution in [0.5, 0.6) is 0 Å². The summed E-state index contributed by atoms with van der Waals surface area (Å²) in [6.45, 7) is 4.13. The van der Waals surface area contributed by atoms with E-state index in [-0.39, 0.29) is 0 Å². The predicted molar refractivity (Wildman–Crippen MR) is 105 cm³/mol. The highest BCUT2D eigenvalue weighted by Gasteiger charge is 2.36. The summed E-state index contributed by atoms with van der Waals surface area (Å²) in [4.78, 5) is 19.1. The van der Waals surface area contributed by atoms with Gasteiger partial charge in [0.2, 0.25) is 5.91 Å². The van der Waals surface area contributed by atoms with Crippen LogP contribution >= 0.6 is 11.3 Å². The van der Waals surface area contributed by atoms with Crippen LogP contribution in [0.2, 0.25) is 0 Å². The lowest BCUT2D eigenvalue weighted by atomic mass is 9.78. The van der Waals surface area contributed by atoms with Gasteiger partial charge >= 0.3 is 0 Å². The summed E-state index contributed by atoms with van der Waals surface area (Å²) in [6.07, 6.45) is 10.3. The fourth-order valence-corrected chi connectivity index (χ4v) is 5.85. The molecule has 3 atom stereocenters. The van der Waals surface area contributed by atoms with Gasteiger partial charge in [0.1, 0.15) is 0 Å². The molecule has 0 spiro atoms. The lowest BCUT2D eigenvalue weighted by molar-refractivity contribution is -0.139. The van der Waals surface area contributed by atoms with E-state index < -0.39 is 0 Å². The summed E-state index contributed by atoms with van der Waals surface area (Å²) in [6, 6.07) is 4.79. The van der Waals surface area contributed by atoms with Gasteiger partial charge in [-0.25, -0.2) is 0 Å². The Morgan fingerprint density at radius 2 is 2.08 bits per heavy atom. The first-order valence-corrected chi connectivity index (χ1v) is 11.3. The van der Waals surface area contributed by atoms with Crippen LogP contribution in [0.3, 0.4) is 0 Å². The summed E-state index contributed by atoms with van der Waals surface area (Å²) in [5.74, 6) is 1.10. The van der Waals surface area contributed by atoms with Gasteiger partial charge in [0.05, 0.1) is 12.6 Å². The number of piperidine rings is 1. The van der Waals surface area contributed by atoms with Crippen LogP contribution in [-0.2, 0) is 16.1 Å². The van der Waals surface area contributed by atoms with Gasteiger partial charge < -0.3 is 9.64 Å². The van der Waals surface area contributed by atoms with Gasteiger partial charge in [0.15, 0.2) is 0 Å². The van der Waals surface area contributed by atoms with E-state index in [9.17, 15) is 4.79 Å². The number of likely N-dealkylation sites (tertiary alicyclic amines) is 1. The van der Waals surface area contributed by atoms with Gasteiger partial charge in [0.25, 0.3) is 0 Å². The number of nitrogens with zero attached hydrogens (tertiary/aromatic N) is 2. The molecule has 1 aliphatic carbocycles. The van der Waals surface area contributed by atoms with E-state index in [4.69, 9.17) is 4.74 Å². The summed E-state index contributed by atoms with van der Waals surface area (Å²) in [5, 5.41) is 2.12. The molecule has 3 fully saturated rings. The van der Waals surface area contributed by atoms with Gasteiger partial charge in [-0.3, -0.25) is 9.69 Å². The first kappa shape index (κ1) is 18.5. The van der Waals surface area contributed by atoms with Gasteiger partial charge in [0, 0.05) is 37.2 Å². The van der Waals surface area contributed by atoms with Crippen molar-refractivity contribution in [1.82, 2.24) is 9.80 Å². The second-order valence-corrected chi connectivity index (χ2v) is 9.26. The van der Waals surface area contributed by atoms with E-state index in [1.54, 1.807) is 11.3 Å². The molecule has 1 aromatic heterocycles. The molecule has 2 saturated heterocycles. The van der Waals surface area contributed by atoms with Crippen molar-refractivity contribution in [3.63, 3.8) is 0 Å². The van der Waals surface area contributed by atoms with Crippen molar-refractivity contribution in [3.8, 4) is 0 Å². The van der Waals surface area contributed by atoms with Crippen molar-refractivity contribution in [2.45, 2.75) is 70.1 Å². The molecule has 3 unspecified atom stereocenters. The lowest BCUT2D eigenvalue weighted by Crippen LogP contribution is -2.52. The van der Waals surface area contributed by atoms with Crippen molar-refractivity contribution in [3.05, 3.63) is 22.4 Å². The molecule has 4 rings (SSSR count). The number of carbonyl (C=O) groups excluding carboxylic acids is 1. The van der Waals surface area contributed by atoms with E-state index in [1.807, 2.05) is 0 Å². The minimum absolute atomic E-state index is 0.298. The largest absolute Gasteiger partial charge is 0.377 e. The smallest absolute Gasteiger partial charge is 0.237 e. The molecule has 2 aliphatic heterocycles. The normalized spacial score (nSPS) is 29.1. The van der Waals surface area contributed by atoms with Crippen LogP contribution in [0.1, 0.15) is 56.2 Å². The Balaban J connectivity index is 1.40. The molecule has 144 valence electrons. The Hall–Kier alpha value is -0.910. The highest BCUT2D eigenvalue weighted by atomic mass is 32.1. The number of hydrogen-bond donors (Lipinski definition) is 0. The Morgan fingerprint density at radius 1 is 1.19 bits per heavy atom.